The van der Waals surface area contributed by atoms with Gasteiger partial charge >= 0.3 is 0 Å². The molecule has 0 N–H and O–H groups in total. The van der Waals surface area contributed by atoms with Crippen LogP contribution in [0.2, 0.25) is 0 Å². The first-order valence-corrected chi connectivity index (χ1v) is 8.68. The van der Waals surface area contributed by atoms with E-state index in [-0.39, 0.29) is 19.3 Å². The Morgan fingerprint density at radius 1 is 0.481 bits per heavy atom. The lowest BCUT2D eigenvalue weighted by atomic mass is 9.89. The molecule has 0 spiro atoms. The van der Waals surface area contributed by atoms with Gasteiger partial charge in [-0.1, -0.05) is 109 Å². The SMILES string of the molecule is O=C(c1ccccc1)c1ccccc1-c1ccccc1-c1ccccc1.S. The van der Waals surface area contributed by atoms with Crippen molar-refractivity contribution < 1.29 is 4.79 Å². The first kappa shape index (κ1) is 18.7. The highest BCUT2D eigenvalue weighted by Crippen LogP contribution is 2.34. The standard InChI is InChI=1S/C25H18O.H2S/c26-25(20-13-5-2-6-14-20)24-18-10-9-17-23(24)22-16-8-7-15-21(22)19-11-3-1-4-12-19;/h1-18H;1H2. The second-order valence-corrected chi connectivity index (χ2v) is 6.15. The summed E-state index contributed by atoms with van der Waals surface area (Å²) in [7, 11) is 0. The zero-order valence-corrected chi connectivity index (χ0v) is 15.8. The van der Waals surface area contributed by atoms with Crippen LogP contribution >= 0.6 is 13.5 Å². The summed E-state index contributed by atoms with van der Waals surface area (Å²) in [5.74, 6) is 0.0454. The van der Waals surface area contributed by atoms with Crippen LogP contribution in [0.15, 0.2) is 109 Å². The highest BCUT2D eigenvalue weighted by atomic mass is 32.1. The molecular formula is C25H20OS. The second kappa shape index (κ2) is 8.52. The zero-order valence-electron chi connectivity index (χ0n) is 14.8. The lowest BCUT2D eigenvalue weighted by Gasteiger charge is -2.14. The molecule has 0 atom stereocenters. The topological polar surface area (TPSA) is 17.1 Å². The van der Waals surface area contributed by atoms with E-state index in [2.05, 4.69) is 24.3 Å². The molecule has 4 aromatic carbocycles. The Hall–Kier alpha value is -3.10. The fourth-order valence-corrected chi connectivity index (χ4v) is 3.25. The molecule has 132 valence electrons. The van der Waals surface area contributed by atoms with Gasteiger partial charge in [-0.05, 0) is 22.3 Å². The molecule has 0 saturated carbocycles. The van der Waals surface area contributed by atoms with Crippen LogP contribution in [0.5, 0.6) is 0 Å². The molecule has 0 saturated heterocycles. The van der Waals surface area contributed by atoms with Crippen LogP contribution in [0.1, 0.15) is 15.9 Å². The first-order valence-electron chi connectivity index (χ1n) is 8.68. The molecule has 0 radical (unpaired) electrons. The van der Waals surface area contributed by atoms with E-state index < -0.39 is 0 Å². The van der Waals surface area contributed by atoms with Gasteiger partial charge in [0.25, 0.3) is 0 Å². The molecular weight excluding hydrogens is 348 g/mol. The Bertz CT molecular complexity index is 1040. The highest BCUT2D eigenvalue weighted by Gasteiger charge is 2.16. The summed E-state index contributed by atoms with van der Waals surface area (Å²) in [6.45, 7) is 0. The molecule has 0 aliphatic rings. The molecule has 0 aliphatic heterocycles. The average Bonchev–Trinajstić information content (AvgIpc) is 2.74. The number of rotatable bonds is 4. The fourth-order valence-electron chi connectivity index (χ4n) is 3.25. The lowest BCUT2D eigenvalue weighted by Crippen LogP contribution is -2.03. The molecule has 4 aromatic rings. The predicted octanol–water partition coefficient (Wildman–Crippen LogP) is 6.36. The van der Waals surface area contributed by atoms with E-state index in [0.29, 0.717) is 5.56 Å². The fraction of sp³-hybridized carbons (Fsp3) is 0. The quantitative estimate of drug-likeness (QED) is 0.383. The molecule has 0 aromatic heterocycles. The van der Waals surface area contributed by atoms with E-state index in [1.54, 1.807) is 0 Å². The molecule has 1 nitrogen and oxygen atoms in total. The van der Waals surface area contributed by atoms with Crippen molar-refractivity contribution in [2.75, 3.05) is 0 Å². The smallest absolute Gasteiger partial charge is 0.193 e. The van der Waals surface area contributed by atoms with E-state index in [0.717, 1.165) is 27.8 Å². The van der Waals surface area contributed by atoms with Gasteiger partial charge in [0.2, 0.25) is 0 Å². The summed E-state index contributed by atoms with van der Waals surface area (Å²) < 4.78 is 0. The number of carbonyl (C=O) groups is 1. The van der Waals surface area contributed by atoms with Crippen molar-refractivity contribution in [1.82, 2.24) is 0 Å². The maximum Gasteiger partial charge on any atom is 0.193 e. The predicted molar refractivity (Wildman–Crippen MR) is 118 cm³/mol. The minimum atomic E-state index is 0. The Balaban J connectivity index is 0.00000210. The van der Waals surface area contributed by atoms with Gasteiger partial charge in [0.1, 0.15) is 0 Å². The largest absolute Gasteiger partial charge is 0.289 e. The van der Waals surface area contributed by atoms with Crippen LogP contribution in [-0.2, 0) is 0 Å². The van der Waals surface area contributed by atoms with E-state index in [9.17, 15) is 4.79 Å². The number of hydrogen-bond donors (Lipinski definition) is 0. The number of hydrogen-bond acceptors (Lipinski definition) is 1. The highest BCUT2D eigenvalue weighted by molar-refractivity contribution is 7.59. The van der Waals surface area contributed by atoms with Crippen LogP contribution in [0, 0.1) is 0 Å². The maximum absolute atomic E-state index is 13.1. The van der Waals surface area contributed by atoms with Crippen molar-refractivity contribution in [1.29, 1.82) is 0 Å². The van der Waals surface area contributed by atoms with Gasteiger partial charge in [-0.25, -0.2) is 0 Å². The minimum absolute atomic E-state index is 0. The summed E-state index contributed by atoms with van der Waals surface area (Å²) in [6, 6.07) is 35.8. The molecule has 0 fully saturated rings. The monoisotopic (exact) mass is 368 g/mol. The van der Waals surface area contributed by atoms with Crippen LogP contribution in [0.3, 0.4) is 0 Å². The summed E-state index contributed by atoms with van der Waals surface area (Å²) >= 11 is 0. The summed E-state index contributed by atoms with van der Waals surface area (Å²) in [5.41, 5.74) is 5.73. The van der Waals surface area contributed by atoms with E-state index in [4.69, 9.17) is 0 Å². The van der Waals surface area contributed by atoms with Gasteiger partial charge in [0.15, 0.2) is 5.78 Å². The van der Waals surface area contributed by atoms with Crippen LogP contribution in [0.4, 0.5) is 0 Å². The van der Waals surface area contributed by atoms with Crippen LogP contribution in [-0.4, -0.2) is 5.78 Å². The van der Waals surface area contributed by atoms with Crippen molar-refractivity contribution in [3.05, 3.63) is 120 Å². The number of carbonyl (C=O) groups excluding carboxylic acids is 1. The van der Waals surface area contributed by atoms with Crippen molar-refractivity contribution >= 4 is 19.3 Å². The van der Waals surface area contributed by atoms with Gasteiger partial charge in [-0.2, -0.15) is 13.5 Å². The Morgan fingerprint density at radius 3 is 1.63 bits per heavy atom. The molecule has 0 aliphatic carbocycles. The van der Waals surface area contributed by atoms with Crippen molar-refractivity contribution in [2.45, 2.75) is 0 Å². The number of ketones is 1. The Morgan fingerprint density at radius 2 is 0.963 bits per heavy atom. The molecule has 27 heavy (non-hydrogen) atoms. The minimum Gasteiger partial charge on any atom is -0.289 e. The Labute approximate surface area is 166 Å². The van der Waals surface area contributed by atoms with Gasteiger partial charge in [0, 0.05) is 11.1 Å². The van der Waals surface area contributed by atoms with E-state index in [1.807, 2.05) is 84.9 Å². The zero-order chi connectivity index (χ0) is 17.8. The van der Waals surface area contributed by atoms with Gasteiger partial charge < -0.3 is 0 Å². The molecule has 4 rings (SSSR count). The Kier molecular flexibility index (Phi) is 5.90. The first-order chi connectivity index (χ1) is 12.8. The van der Waals surface area contributed by atoms with Gasteiger partial charge in [0.05, 0.1) is 0 Å². The summed E-state index contributed by atoms with van der Waals surface area (Å²) in [6.07, 6.45) is 0. The maximum atomic E-state index is 13.1. The molecule has 0 unspecified atom stereocenters. The summed E-state index contributed by atoms with van der Waals surface area (Å²) in [5, 5.41) is 0. The molecule has 2 heteroatoms. The summed E-state index contributed by atoms with van der Waals surface area (Å²) in [4.78, 5) is 13.1. The van der Waals surface area contributed by atoms with Crippen molar-refractivity contribution in [3.8, 4) is 22.3 Å². The third kappa shape index (κ3) is 3.86. The lowest BCUT2D eigenvalue weighted by molar-refractivity contribution is 0.103. The van der Waals surface area contributed by atoms with Gasteiger partial charge in [-0.15, -0.1) is 0 Å². The molecule has 0 amide bonds. The van der Waals surface area contributed by atoms with E-state index >= 15 is 0 Å². The van der Waals surface area contributed by atoms with Gasteiger partial charge in [-0.3, -0.25) is 4.79 Å². The molecule has 0 bridgehead atoms. The number of benzene rings is 4. The third-order valence-corrected chi connectivity index (χ3v) is 4.51. The second-order valence-electron chi connectivity index (χ2n) is 6.15. The average molecular weight is 369 g/mol. The van der Waals surface area contributed by atoms with Crippen LogP contribution < -0.4 is 0 Å². The van der Waals surface area contributed by atoms with Crippen LogP contribution in [0.25, 0.3) is 22.3 Å². The van der Waals surface area contributed by atoms with E-state index in [1.165, 1.54) is 0 Å². The van der Waals surface area contributed by atoms with Crippen molar-refractivity contribution in [2.24, 2.45) is 0 Å². The third-order valence-electron chi connectivity index (χ3n) is 4.51. The molecule has 0 heterocycles. The normalized spacial score (nSPS) is 10.1. The van der Waals surface area contributed by atoms with Crippen molar-refractivity contribution in [3.63, 3.8) is 0 Å².